The fraction of sp³-hybridized carbons (Fsp3) is 0.667. The zero-order valence-corrected chi connectivity index (χ0v) is 20.9. The molecular weight excluding hydrogens is 444 g/mol. The maximum atomic E-state index is 13.3. The van der Waals surface area contributed by atoms with Crippen LogP contribution < -0.4 is 10.9 Å². The van der Waals surface area contributed by atoms with E-state index in [2.05, 4.69) is 10.9 Å². The number of sulfone groups is 1. The van der Waals surface area contributed by atoms with Crippen molar-refractivity contribution in [1.82, 2.24) is 10.9 Å². The summed E-state index contributed by atoms with van der Waals surface area (Å²) in [5, 5.41) is 9.01. The third-order valence-corrected chi connectivity index (χ3v) is 7.41. The van der Waals surface area contributed by atoms with E-state index in [4.69, 9.17) is 14.0 Å². The number of esters is 1. The van der Waals surface area contributed by atoms with Crippen molar-refractivity contribution in [2.24, 2.45) is 5.41 Å². The summed E-state index contributed by atoms with van der Waals surface area (Å²) in [4.78, 5) is 25.1. The zero-order valence-electron chi connectivity index (χ0n) is 23.1. The topological polar surface area (TPSA) is 122 Å². The van der Waals surface area contributed by atoms with Crippen LogP contribution in [0.25, 0.3) is 0 Å². The van der Waals surface area contributed by atoms with Crippen LogP contribution in [0, 0.1) is 5.41 Å². The second-order valence-electron chi connectivity index (χ2n) is 8.95. The number of rotatable bonds is 15. The summed E-state index contributed by atoms with van der Waals surface area (Å²) in [5.41, 5.74) is 3.35. The van der Waals surface area contributed by atoms with E-state index in [1.165, 1.54) is 7.05 Å². The maximum absolute atomic E-state index is 13.3. The Morgan fingerprint density at radius 3 is 2.58 bits per heavy atom. The number of carbonyl (C=O) groups excluding carboxylic acids is 2. The van der Waals surface area contributed by atoms with Gasteiger partial charge in [0.25, 0.3) is 0 Å². The number of amides is 1. The highest BCUT2D eigenvalue weighted by molar-refractivity contribution is 7.91. The molecule has 0 radical (unpaired) electrons. The number of hydrogen-bond donors (Lipinski definition) is 3. The van der Waals surface area contributed by atoms with Gasteiger partial charge in [0.05, 0.1) is 30.1 Å². The second-order valence-corrected chi connectivity index (χ2v) is 11.1. The van der Waals surface area contributed by atoms with Crippen molar-refractivity contribution >= 4 is 21.7 Å². The first-order valence-corrected chi connectivity index (χ1v) is 13.0. The Morgan fingerprint density at radius 1 is 1.24 bits per heavy atom. The minimum atomic E-state index is -3.47. The highest BCUT2D eigenvalue weighted by Crippen LogP contribution is 2.34. The lowest BCUT2D eigenvalue weighted by molar-refractivity contribution is -0.143. The van der Waals surface area contributed by atoms with Gasteiger partial charge in [0.1, 0.15) is 0 Å². The largest absolute Gasteiger partial charge is 0.466 e. The molecule has 0 aromatic heterocycles. The van der Waals surface area contributed by atoms with Gasteiger partial charge in [-0.05, 0) is 49.6 Å². The summed E-state index contributed by atoms with van der Waals surface area (Å²) in [5.74, 6) is -1.58. The average Bonchev–Trinajstić information content (AvgIpc) is 2.74. The third-order valence-electron chi connectivity index (χ3n) is 5.39. The molecule has 0 aliphatic rings. The van der Waals surface area contributed by atoms with Crippen LogP contribution in [0.4, 0.5) is 0 Å². The Kier molecular flexibility index (Phi) is 9.56. The van der Waals surface area contributed by atoms with Crippen LogP contribution in [0.5, 0.6) is 0 Å². The summed E-state index contributed by atoms with van der Waals surface area (Å²) in [6.07, 6.45) is 1.02. The van der Waals surface area contributed by atoms with Gasteiger partial charge < -0.3 is 9.84 Å². The molecule has 0 bridgehead atoms. The molecule has 33 heavy (non-hydrogen) atoms. The summed E-state index contributed by atoms with van der Waals surface area (Å²) >= 11 is 0. The van der Waals surface area contributed by atoms with E-state index >= 15 is 0 Å². The van der Waals surface area contributed by atoms with Gasteiger partial charge in [-0.3, -0.25) is 15.0 Å². The fourth-order valence-electron chi connectivity index (χ4n) is 3.79. The lowest BCUT2D eigenvalue weighted by atomic mass is 9.75. The average molecular weight is 488 g/mol. The van der Waals surface area contributed by atoms with E-state index < -0.39 is 40.0 Å². The Balaban J connectivity index is 3.31. The molecule has 1 unspecified atom stereocenters. The number of benzene rings is 1. The molecule has 0 aliphatic carbocycles. The van der Waals surface area contributed by atoms with Crippen molar-refractivity contribution in [3.8, 4) is 0 Å². The van der Waals surface area contributed by atoms with Crippen LogP contribution in [-0.2, 0) is 36.0 Å². The van der Waals surface area contributed by atoms with Gasteiger partial charge in [-0.25, -0.2) is 13.8 Å². The number of aliphatic hydroxyl groups is 1. The van der Waals surface area contributed by atoms with E-state index in [1.807, 2.05) is 0 Å². The molecule has 1 atom stereocenters. The second kappa shape index (κ2) is 13.1. The molecule has 0 saturated carbocycles. The Labute approximate surface area is 202 Å². The number of hydrazine groups is 1. The van der Waals surface area contributed by atoms with Gasteiger partial charge in [-0.15, -0.1) is 0 Å². The number of carbonyl (C=O) groups is 2. The molecule has 0 saturated heterocycles. The lowest BCUT2D eigenvalue weighted by Crippen LogP contribution is -2.47. The molecule has 0 fully saturated rings. The van der Waals surface area contributed by atoms with E-state index in [0.717, 1.165) is 0 Å². The molecule has 1 aromatic carbocycles. The minimum Gasteiger partial charge on any atom is -0.466 e. The van der Waals surface area contributed by atoms with E-state index in [-0.39, 0.29) is 43.3 Å². The van der Waals surface area contributed by atoms with Crippen molar-refractivity contribution < 1.29 is 32.0 Å². The molecule has 9 heteroatoms. The molecule has 3 N–H and O–H groups in total. The molecule has 1 rings (SSSR count). The predicted molar refractivity (Wildman–Crippen MR) is 129 cm³/mol. The summed E-state index contributed by atoms with van der Waals surface area (Å²) in [7, 11) is -2.01. The van der Waals surface area contributed by atoms with Gasteiger partial charge in [0, 0.05) is 17.6 Å². The Morgan fingerprint density at radius 2 is 1.97 bits per heavy atom. The van der Waals surface area contributed by atoms with E-state index in [9.17, 15) is 18.0 Å². The maximum Gasteiger partial charge on any atom is 0.306 e. The van der Waals surface area contributed by atoms with Crippen LogP contribution in [0.3, 0.4) is 0 Å². The number of ether oxygens (including phenoxy) is 1. The standard InChI is InChI=1S/C24H40N2O6S/c1-6-32-21(28)12-11-19-9-7-10-20(17-19)24(4,22(29)26-25-5)14-8-13-23(2,3)18-33(30,31)16-15-27/h7,9-10,17,25,27H,6,8,11-16,18H2,1-5H3,(H,26,29)/i4D3. The summed E-state index contributed by atoms with van der Waals surface area (Å²) in [6.45, 7) is 2.33. The number of aryl methyl sites for hydroxylation is 1. The van der Waals surface area contributed by atoms with Gasteiger partial charge in [-0.1, -0.05) is 44.5 Å². The first-order valence-electron chi connectivity index (χ1n) is 12.7. The summed E-state index contributed by atoms with van der Waals surface area (Å²) in [6, 6.07) is 6.65. The van der Waals surface area contributed by atoms with Crippen molar-refractivity contribution in [1.29, 1.82) is 0 Å². The Bertz CT molecular complexity index is 982. The third kappa shape index (κ3) is 9.81. The van der Waals surface area contributed by atoms with Crippen LogP contribution in [0.1, 0.15) is 68.5 Å². The fourth-order valence-corrected chi connectivity index (χ4v) is 5.55. The van der Waals surface area contributed by atoms with Gasteiger partial charge >= 0.3 is 5.97 Å². The molecular formula is C24H40N2O6S. The van der Waals surface area contributed by atoms with E-state index in [1.54, 1.807) is 45.0 Å². The normalized spacial score (nSPS) is 15.6. The molecule has 8 nitrogen and oxygen atoms in total. The smallest absolute Gasteiger partial charge is 0.306 e. The molecule has 0 heterocycles. The van der Waals surface area contributed by atoms with Crippen molar-refractivity contribution in [3.63, 3.8) is 0 Å². The van der Waals surface area contributed by atoms with E-state index in [0.29, 0.717) is 24.0 Å². The molecule has 1 aromatic rings. The van der Waals surface area contributed by atoms with Crippen LogP contribution >= 0.6 is 0 Å². The zero-order chi connectivity index (χ0) is 27.6. The number of hydrogen-bond acceptors (Lipinski definition) is 7. The number of aliphatic hydroxyl groups excluding tert-OH is 1. The minimum absolute atomic E-state index is 0.0537. The quantitative estimate of drug-likeness (QED) is 0.256. The monoisotopic (exact) mass is 487 g/mol. The molecule has 188 valence electrons. The predicted octanol–water partition coefficient (Wildman–Crippen LogP) is 2.29. The Hall–Kier alpha value is -1.97. The highest BCUT2D eigenvalue weighted by Gasteiger charge is 2.36. The van der Waals surface area contributed by atoms with Crippen LogP contribution in [-0.4, -0.2) is 57.2 Å². The van der Waals surface area contributed by atoms with Crippen LogP contribution in [0.15, 0.2) is 24.3 Å². The first kappa shape index (κ1) is 24.2. The summed E-state index contributed by atoms with van der Waals surface area (Å²) < 4.78 is 54.5. The molecule has 0 spiro atoms. The molecule has 0 aliphatic heterocycles. The number of nitrogens with one attached hydrogen (secondary N) is 2. The van der Waals surface area contributed by atoms with Gasteiger partial charge in [-0.2, -0.15) is 0 Å². The van der Waals surface area contributed by atoms with Crippen molar-refractivity contribution in [3.05, 3.63) is 35.4 Å². The van der Waals surface area contributed by atoms with Crippen molar-refractivity contribution in [2.75, 3.05) is 31.8 Å². The van der Waals surface area contributed by atoms with Gasteiger partial charge in [0.2, 0.25) is 5.91 Å². The van der Waals surface area contributed by atoms with Crippen LogP contribution in [0.2, 0.25) is 0 Å². The van der Waals surface area contributed by atoms with Crippen molar-refractivity contribution in [2.45, 2.75) is 65.1 Å². The first-order chi connectivity index (χ1) is 16.6. The van der Waals surface area contributed by atoms with Gasteiger partial charge in [0.15, 0.2) is 9.84 Å². The highest BCUT2D eigenvalue weighted by atomic mass is 32.2. The SMILES string of the molecule is [2H]C([2H])([2H])C(CCCC(C)(C)CS(=O)(=O)CCO)(C(=O)NNC)c1cccc(CCC(=O)OCC)c1. The lowest BCUT2D eigenvalue weighted by Gasteiger charge is -2.31. The molecule has 1 amide bonds.